The first-order chi connectivity index (χ1) is 12.5. The summed E-state index contributed by atoms with van der Waals surface area (Å²) in [5, 5.41) is 12.8. The van der Waals surface area contributed by atoms with Crippen molar-refractivity contribution in [2.45, 2.75) is 5.37 Å². The van der Waals surface area contributed by atoms with Crippen LogP contribution in [0, 0.1) is 0 Å². The van der Waals surface area contributed by atoms with Crippen molar-refractivity contribution in [1.29, 1.82) is 0 Å². The van der Waals surface area contributed by atoms with Crippen molar-refractivity contribution >= 4 is 29.5 Å². The summed E-state index contributed by atoms with van der Waals surface area (Å²) in [5.74, 6) is -0.715. The molecule has 134 valence electrons. The van der Waals surface area contributed by atoms with E-state index in [-0.39, 0.29) is 35.2 Å². The molecule has 26 heavy (non-hydrogen) atoms. The highest BCUT2D eigenvalue weighted by molar-refractivity contribution is 8.00. The number of rotatable bonds is 5. The maximum atomic E-state index is 12.1. The Bertz CT molecular complexity index is 811. The number of phenolic OH excluding ortho intramolecular Hbond substituents is 1. The van der Waals surface area contributed by atoms with Gasteiger partial charge in [-0.1, -0.05) is 30.3 Å². The Kier molecular flexibility index (Phi) is 5.43. The summed E-state index contributed by atoms with van der Waals surface area (Å²) >= 11 is 1.37. The van der Waals surface area contributed by atoms with Crippen LogP contribution in [-0.4, -0.2) is 40.1 Å². The van der Waals surface area contributed by atoms with Gasteiger partial charge >= 0.3 is 0 Å². The Labute approximate surface area is 154 Å². The number of aromatic hydroxyl groups is 1. The van der Waals surface area contributed by atoms with E-state index in [0.29, 0.717) is 5.56 Å². The van der Waals surface area contributed by atoms with Gasteiger partial charge in [-0.05, 0) is 29.8 Å². The number of thioether (sulfide) groups is 1. The standard InChI is InChI=1S/C18H17N3O4S/c22-14-8-6-13(7-9-14)18-21(16(24)11-26-18)20-15(23)10-19-17(25)12-4-2-1-3-5-12/h1-9,18,22H,10-11H2,(H,19,25)(H,20,23). The Balaban J connectivity index is 1.59. The number of nitrogens with zero attached hydrogens (tertiary/aromatic N) is 1. The zero-order chi connectivity index (χ0) is 18.5. The van der Waals surface area contributed by atoms with E-state index in [1.165, 1.54) is 28.9 Å². The summed E-state index contributed by atoms with van der Waals surface area (Å²) in [6.45, 7) is -0.246. The second-order valence-corrected chi connectivity index (χ2v) is 6.67. The summed E-state index contributed by atoms with van der Waals surface area (Å²) in [4.78, 5) is 36.2. The molecule has 1 heterocycles. The largest absolute Gasteiger partial charge is 0.508 e. The van der Waals surface area contributed by atoms with Crippen molar-refractivity contribution in [2.75, 3.05) is 12.3 Å². The number of phenols is 1. The number of carbonyl (C=O) groups excluding carboxylic acids is 3. The molecule has 2 aromatic carbocycles. The van der Waals surface area contributed by atoms with Crippen LogP contribution in [0.2, 0.25) is 0 Å². The molecular formula is C18H17N3O4S. The van der Waals surface area contributed by atoms with Gasteiger partial charge in [0.15, 0.2) is 0 Å². The molecule has 1 atom stereocenters. The lowest BCUT2D eigenvalue weighted by molar-refractivity contribution is -0.138. The molecule has 1 saturated heterocycles. The lowest BCUT2D eigenvalue weighted by Gasteiger charge is -2.24. The Morgan fingerprint density at radius 3 is 2.50 bits per heavy atom. The van der Waals surface area contributed by atoms with Crippen LogP contribution in [-0.2, 0) is 9.59 Å². The molecule has 1 unspecified atom stereocenters. The first kappa shape index (κ1) is 17.8. The topological polar surface area (TPSA) is 98.7 Å². The van der Waals surface area contributed by atoms with Gasteiger partial charge in [0.05, 0.1) is 12.3 Å². The quantitative estimate of drug-likeness (QED) is 0.738. The zero-order valence-electron chi connectivity index (χ0n) is 13.7. The highest BCUT2D eigenvalue weighted by Crippen LogP contribution is 2.37. The summed E-state index contributed by atoms with van der Waals surface area (Å²) in [6, 6.07) is 15.0. The first-order valence-corrected chi connectivity index (χ1v) is 8.95. The summed E-state index contributed by atoms with van der Waals surface area (Å²) in [5.41, 5.74) is 3.78. The SMILES string of the molecule is O=C(CNC(=O)c1ccccc1)NN1C(=O)CSC1c1ccc(O)cc1. The van der Waals surface area contributed by atoms with E-state index in [4.69, 9.17) is 0 Å². The molecule has 0 aliphatic carbocycles. The lowest BCUT2D eigenvalue weighted by Crippen LogP contribution is -2.48. The van der Waals surface area contributed by atoms with Crippen molar-refractivity contribution < 1.29 is 19.5 Å². The second kappa shape index (κ2) is 7.92. The van der Waals surface area contributed by atoms with E-state index in [1.54, 1.807) is 42.5 Å². The van der Waals surface area contributed by atoms with Gasteiger partial charge < -0.3 is 10.4 Å². The van der Waals surface area contributed by atoms with Crippen LogP contribution in [0.3, 0.4) is 0 Å². The van der Waals surface area contributed by atoms with Crippen LogP contribution in [0.5, 0.6) is 5.75 Å². The number of amides is 3. The number of carbonyl (C=O) groups is 3. The van der Waals surface area contributed by atoms with Gasteiger partial charge in [-0.3, -0.25) is 19.8 Å². The van der Waals surface area contributed by atoms with Gasteiger partial charge in [-0.15, -0.1) is 11.8 Å². The smallest absolute Gasteiger partial charge is 0.258 e. The van der Waals surface area contributed by atoms with E-state index in [0.717, 1.165) is 5.56 Å². The monoisotopic (exact) mass is 371 g/mol. The molecule has 0 spiro atoms. The summed E-state index contributed by atoms with van der Waals surface area (Å²) < 4.78 is 0. The van der Waals surface area contributed by atoms with Gasteiger partial charge in [0, 0.05) is 5.56 Å². The van der Waals surface area contributed by atoms with Crippen molar-refractivity contribution in [3.05, 3.63) is 65.7 Å². The fourth-order valence-corrected chi connectivity index (χ4v) is 3.56. The fraction of sp³-hybridized carbons (Fsp3) is 0.167. The zero-order valence-corrected chi connectivity index (χ0v) is 14.5. The van der Waals surface area contributed by atoms with Gasteiger partial charge in [0.1, 0.15) is 11.1 Å². The second-order valence-electron chi connectivity index (χ2n) is 5.60. The minimum atomic E-state index is -0.492. The number of hydrogen-bond acceptors (Lipinski definition) is 5. The number of hydrogen-bond donors (Lipinski definition) is 3. The molecule has 3 N–H and O–H groups in total. The van der Waals surface area contributed by atoms with E-state index in [1.807, 2.05) is 0 Å². The normalized spacial score (nSPS) is 16.4. The molecule has 1 fully saturated rings. The predicted octanol–water partition coefficient (Wildman–Crippen LogP) is 1.43. The highest BCUT2D eigenvalue weighted by Gasteiger charge is 2.34. The molecule has 1 aliphatic heterocycles. The van der Waals surface area contributed by atoms with Gasteiger partial charge in [-0.25, -0.2) is 5.01 Å². The van der Waals surface area contributed by atoms with E-state index >= 15 is 0 Å². The molecule has 2 aromatic rings. The third kappa shape index (κ3) is 4.15. The van der Waals surface area contributed by atoms with Gasteiger partial charge in [0.2, 0.25) is 0 Å². The van der Waals surface area contributed by atoms with Crippen LogP contribution in [0.1, 0.15) is 21.3 Å². The van der Waals surface area contributed by atoms with Gasteiger partial charge in [-0.2, -0.15) is 0 Å². The van der Waals surface area contributed by atoms with Crippen LogP contribution >= 0.6 is 11.8 Å². The van der Waals surface area contributed by atoms with E-state index in [2.05, 4.69) is 10.7 Å². The molecular weight excluding hydrogens is 354 g/mol. The summed E-state index contributed by atoms with van der Waals surface area (Å²) in [7, 11) is 0. The lowest BCUT2D eigenvalue weighted by atomic mass is 10.2. The summed E-state index contributed by atoms with van der Waals surface area (Å²) in [6.07, 6.45) is 0. The number of benzene rings is 2. The minimum absolute atomic E-state index is 0.127. The van der Waals surface area contributed by atoms with Crippen LogP contribution < -0.4 is 10.7 Å². The molecule has 1 aliphatic rings. The average molecular weight is 371 g/mol. The number of hydrazine groups is 1. The van der Waals surface area contributed by atoms with Crippen molar-refractivity contribution in [2.24, 2.45) is 0 Å². The Hall–Kier alpha value is -3.00. The highest BCUT2D eigenvalue weighted by atomic mass is 32.2. The van der Waals surface area contributed by atoms with Crippen molar-refractivity contribution in [3.8, 4) is 5.75 Å². The molecule has 3 amide bonds. The fourth-order valence-electron chi connectivity index (χ4n) is 2.46. The van der Waals surface area contributed by atoms with Gasteiger partial charge in [0.25, 0.3) is 17.7 Å². The minimum Gasteiger partial charge on any atom is -0.508 e. The molecule has 0 bridgehead atoms. The third-order valence-electron chi connectivity index (χ3n) is 3.74. The van der Waals surface area contributed by atoms with E-state index < -0.39 is 5.91 Å². The van der Waals surface area contributed by atoms with E-state index in [9.17, 15) is 19.5 Å². The average Bonchev–Trinajstić information content (AvgIpc) is 3.01. The van der Waals surface area contributed by atoms with Crippen molar-refractivity contribution in [1.82, 2.24) is 15.8 Å². The molecule has 8 heteroatoms. The van der Waals surface area contributed by atoms with Crippen molar-refractivity contribution in [3.63, 3.8) is 0 Å². The molecule has 0 aromatic heterocycles. The molecule has 7 nitrogen and oxygen atoms in total. The third-order valence-corrected chi connectivity index (χ3v) is 4.95. The molecule has 0 radical (unpaired) electrons. The first-order valence-electron chi connectivity index (χ1n) is 7.90. The Morgan fingerprint density at radius 2 is 1.81 bits per heavy atom. The number of nitrogens with one attached hydrogen (secondary N) is 2. The molecule has 3 rings (SSSR count). The van der Waals surface area contributed by atoms with Crippen LogP contribution in [0.4, 0.5) is 0 Å². The molecule has 0 saturated carbocycles. The Morgan fingerprint density at radius 1 is 1.12 bits per heavy atom. The maximum Gasteiger partial charge on any atom is 0.258 e. The van der Waals surface area contributed by atoms with Crippen LogP contribution in [0.25, 0.3) is 0 Å². The van der Waals surface area contributed by atoms with Crippen LogP contribution in [0.15, 0.2) is 54.6 Å². The predicted molar refractivity (Wildman–Crippen MR) is 97.1 cm³/mol. The maximum absolute atomic E-state index is 12.1.